The lowest BCUT2D eigenvalue weighted by Gasteiger charge is -2.25. The molecule has 1 aliphatic carbocycles. The van der Waals surface area contributed by atoms with Gasteiger partial charge in [-0.3, -0.25) is 9.59 Å². The molecule has 1 aromatic rings. The van der Waals surface area contributed by atoms with Crippen LogP contribution < -0.4 is 5.32 Å². The molecule has 0 bridgehead atoms. The summed E-state index contributed by atoms with van der Waals surface area (Å²) in [6.07, 6.45) is 5.69. The van der Waals surface area contributed by atoms with Crippen LogP contribution in [0.15, 0.2) is 9.64 Å². The fraction of sp³-hybridized carbons (Fsp3) is 0.810. The number of ketones is 1. The second-order valence-corrected chi connectivity index (χ2v) is 11.0. The van der Waals surface area contributed by atoms with Crippen LogP contribution in [0.1, 0.15) is 76.9 Å². The van der Waals surface area contributed by atoms with Gasteiger partial charge in [0.1, 0.15) is 0 Å². The van der Waals surface area contributed by atoms with Gasteiger partial charge in [0, 0.05) is 17.2 Å². The summed E-state index contributed by atoms with van der Waals surface area (Å²) in [5.74, 6) is -0.0847. The van der Waals surface area contributed by atoms with E-state index in [9.17, 15) is 9.59 Å². The number of carbonyl (C=O) groups is 2. The van der Waals surface area contributed by atoms with Gasteiger partial charge in [-0.25, -0.2) is 0 Å². The highest BCUT2D eigenvalue weighted by molar-refractivity contribution is 8.00. The number of thioether (sulfide) groups is 1. The molecule has 0 aliphatic heterocycles. The Hall–Kier alpha value is -1.41. The Labute approximate surface area is 178 Å². The Morgan fingerprint density at radius 2 is 1.86 bits per heavy atom. The molecular formula is C21H36N4O3S. The monoisotopic (exact) mass is 424 g/mol. The molecule has 2 rings (SSSR count). The van der Waals surface area contributed by atoms with Crippen LogP contribution in [0.2, 0.25) is 0 Å². The van der Waals surface area contributed by atoms with Crippen LogP contribution in [0.5, 0.6) is 0 Å². The van der Waals surface area contributed by atoms with E-state index in [1.54, 1.807) is 0 Å². The molecule has 1 unspecified atom stereocenters. The summed E-state index contributed by atoms with van der Waals surface area (Å²) < 4.78 is 5.54. The SMILES string of the molecule is CC(C)CC(NC(=O)C1CCCCC1)C(=O)c1nnc(SC(C)(C)CN(C)C)o1. The Bertz CT molecular complexity index is 681. The van der Waals surface area contributed by atoms with Crippen molar-refractivity contribution < 1.29 is 14.0 Å². The maximum atomic E-state index is 13.0. The molecule has 7 nitrogen and oxygen atoms in total. The molecular weight excluding hydrogens is 388 g/mol. The molecule has 164 valence electrons. The molecule has 0 spiro atoms. The van der Waals surface area contributed by atoms with Gasteiger partial charge in [-0.15, -0.1) is 10.2 Å². The second-order valence-electron chi connectivity index (χ2n) is 9.36. The second kappa shape index (κ2) is 10.6. The average molecular weight is 425 g/mol. The lowest BCUT2D eigenvalue weighted by Crippen LogP contribution is -2.45. The van der Waals surface area contributed by atoms with Crippen molar-refractivity contribution in [3.63, 3.8) is 0 Å². The maximum Gasteiger partial charge on any atom is 0.286 e. The fourth-order valence-corrected chi connectivity index (χ4v) is 4.88. The van der Waals surface area contributed by atoms with E-state index < -0.39 is 6.04 Å². The predicted octanol–water partition coefficient (Wildman–Crippen LogP) is 3.80. The third-order valence-electron chi connectivity index (χ3n) is 4.99. The molecule has 1 atom stereocenters. The Kier molecular flexibility index (Phi) is 8.70. The molecule has 1 heterocycles. The summed E-state index contributed by atoms with van der Waals surface area (Å²) in [6, 6.07) is -0.627. The quantitative estimate of drug-likeness (QED) is 0.451. The molecule has 8 heteroatoms. The summed E-state index contributed by atoms with van der Waals surface area (Å²) in [5.41, 5.74) is 0. The van der Waals surface area contributed by atoms with Gasteiger partial charge in [0.05, 0.1) is 6.04 Å². The van der Waals surface area contributed by atoms with E-state index in [2.05, 4.69) is 34.3 Å². The topological polar surface area (TPSA) is 88.3 Å². The average Bonchev–Trinajstić information content (AvgIpc) is 3.07. The first kappa shape index (κ1) is 23.9. The highest BCUT2D eigenvalue weighted by atomic mass is 32.2. The van der Waals surface area contributed by atoms with E-state index in [-0.39, 0.29) is 34.2 Å². The molecule has 0 aromatic carbocycles. The first-order valence-electron chi connectivity index (χ1n) is 10.6. The van der Waals surface area contributed by atoms with Crippen molar-refractivity contribution >= 4 is 23.5 Å². The van der Waals surface area contributed by atoms with Gasteiger partial charge in [0.2, 0.25) is 11.7 Å². The Balaban J connectivity index is 2.06. The highest BCUT2D eigenvalue weighted by Gasteiger charge is 2.31. The van der Waals surface area contributed by atoms with Crippen LogP contribution in [0, 0.1) is 11.8 Å². The van der Waals surface area contributed by atoms with Crippen molar-refractivity contribution in [1.82, 2.24) is 20.4 Å². The molecule has 1 N–H and O–H groups in total. The minimum Gasteiger partial charge on any atom is -0.408 e. The van der Waals surface area contributed by atoms with Crippen LogP contribution >= 0.6 is 11.8 Å². The molecule has 1 saturated carbocycles. The van der Waals surface area contributed by atoms with Crippen molar-refractivity contribution in [2.45, 2.75) is 82.2 Å². The zero-order chi connectivity index (χ0) is 21.6. The highest BCUT2D eigenvalue weighted by Crippen LogP contribution is 2.32. The Morgan fingerprint density at radius 3 is 2.45 bits per heavy atom. The summed E-state index contributed by atoms with van der Waals surface area (Å²) >= 11 is 1.45. The van der Waals surface area contributed by atoms with Crippen LogP contribution in [-0.4, -0.2) is 58.2 Å². The van der Waals surface area contributed by atoms with E-state index in [0.717, 1.165) is 32.2 Å². The smallest absolute Gasteiger partial charge is 0.286 e. The van der Waals surface area contributed by atoms with Gasteiger partial charge in [-0.2, -0.15) is 0 Å². The van der Waals surface area contributed by atoms with Gasteiger partial charge < -0.3 is 14.6 Å². The first-order chi connectivity index (χ1) is 13.6. The molecule has 0 radical (unpaired) electrons. The van der Waals surface area contributed by atoms with Crippen LogP contribution in [-0.2, 0) is 4.79 Å². The number of hydrogen-bond acceptors (Lipinski definition) is 7. The zero-order valence-electron chi connectivity index (χ0n) is 18.7. The number of rotatable bonds is 10. The molecule has 1 aromatic heterocycles. The van der Waals surface area contributed by atoms with Gasteiger partial charge in [0.15, 0.2) is 0 Å². The number of hydrogen-bond donors (Lipinski definition) is 1. The van der Waals surface area contributed by atoms with Crippen molar-refractivity contribution in [2.75, 3.05) is 20.6 Å². The number of nitrogens with zero attached hydrogens (tertiary/aromatic N) is 3. The third kappa shape index (κ3) is 7.74. The predicted molar refractivity (Wildman–Crippen MR) is 115 cm³/mol. The van der Waals surface area contributed by atoms with Crippen LogP contribution in [0.4, 0.5) is 0 Å². The van der Waals surface area contributed by atoms with Gasteiger partial charge in [-0.1, -0.05) is 44.9 Å². The fourth-order valence-electron chi connectivity index (χ4n) is 3.89. The number of nitrogens with one attached hydrogen (secondary N) is 1. The van der Waals surface area contributed by atoms with E-state index in [0.29, 0.717) is 11.6 Å². The summed E-state index contributed by atoms with van der Waals surface area (Å²) in [7, 11) is 4.02. The first-order valence-corrected chi connectivity index (χ1v) is 11.4. The largest absolute Gasteiger partial charge is 0.408 e. The normalized spacial score (nSPS) is 17.0. The number of aromatic nitrogens is 2. The Morgan fingerprint density at radius 1 is 1.21 bits per heavy atom. The van der Waals surface area contributed by atoms with Crippen LogP contribution in [0.3, 0.4) is 0 Å². The number of carbonyl (C=O) groups excluding carboxylic acids is 2. The molecule has 0 saturated heterocycles. The minimum absolute atomic E-state index is 0.00634. The number of Topliss-reactive ketones (excluding diaryl/α,β-unsaturated/α-hetero) is 1. The zero-order valence-corrected chi connectivity index (χ0v) is 19.5. The van der Waals surface area contributed by atoms with E-state index in [4.69, 9.17) is 4.42 Å². The summed E-state index contributed by atoms with van der Waals surface area (Å²) in [5, 5.41) is 11.4. The lowest BCUT2D eigenvalue weighted by molar-refractivity contribution is -0.126. The van der Waals surface area contributed by atoms with Crippen molar-refractivity contribution in [2.24, 2.45) is 11.8 Å². The van der Waals surface area contributed by atoms with Crippen molar-refractivity contribution in [3.05, 3.63) is 5.89 Å². The van der Waals surface area contributed by atoms with E-state index in [1.165, 1.54) is 18.2 Å². The third-order valence-corrected chi connectivity index (χ3v) is 6.02. The molecule has 1 amide bonds. The lowest BCUT2D eigenvalue weighted by atomic mass is 9.88. The standard InChI is InChI=1S/C21H36N4O3S/c1-14(2)12-16(22-18(27)15-10-8-7-9-11-15)17(26)19-23-24-20(28-19)29-21(3,4)13-25(5)6/h14-16H,7-13H2,1-6H3,(H,22,27). The van der Waals surface area contributed by atoms with Gasteiger partial charge in [-0.05, 0) is 53.1 Å². The molecule has 1 aliphatic rings. The maximum absolute atomic E-state index is 13.0. The summed E-state index contributed by atoms with van der Waals surface area (Å²) in [4.78, 5) is 27.8. The molecule has 29 heavy (non-hydrogen) atoms. The molecule has 1 fully saturated rings. The summed E-state index contributed by atoms with van der Waals surface area (Å²) in [6.45, 7) is 9.08. The van der Waals surface area contributed by atoms with Gasteiger partial charge >= 0.3 is 0 Å². The van der Waals surface area contributed by atoms with Gasteiger partial charge in [0.25, 0.3) is 11.1 Å². The van der Waals surface area contributed by atoms with E-state index >= 15 is 0 Å². The van der Waals surface area contributed by atoms with Crippen molar-refractivity contribution in [3.8, 4) is 0 Å². The number of amides is 1. The van der Waals surface area contributed by atoms with Crippen LogP contribution in [0.25, 0.3) is 0 Å². The van der Waals surface area contributed by atoms with Crippen molar-refractivity contribution in [1.29, 1.82) is 0 Å². The van der Waals surface area contributed by atoms with E-state index in [1.807, 2.05) is 27.9 Å². The minimum atomic E-state index is -0.627.